The maximum absolute atomic E-state index is 11.2. The van der Waals surface area contributed by atoms with Gasteiger partial charge in [-0.05, 0) is 37.5 Å². The van der Waals surface area contributed by atoms with Crippen LogP contribution in [-0.2, 0) is 4.79 Å². The minimum atomic E-state index is -1.13. The Bertz CT molecular complexity index is 952. The molecule has 0 radical (unpaired) electrons. The van der Waals surface area contributed by atoms with Gasteiger partial charge in [-0.3, -0.25) is 0 Å². The second kappa shape index (κ2) is 6.78. The molecular formula is C18H19N3O3S. The predicted molar refractivity (Wildman–Crippen MR) is 99.2 cm³/mol. The summed E-state index contributed by atoms with van der Waals surface area (Å²) in [5, 5.41) is 22.1. The lowest BCUT2D eigenvalue weighted by atomic mass is 9.99. The number of thiophene rings is 1. The number of aryl methyl sites for hydroxylation is 3. The van der Waals surface area contributed by atoms with E-state index in [1.54, 1.807) is 0 Å². The number of carboxylic acid groups (broad SMARTS) is 1. The van der Waals surface area contributed by atoms with Gasteiger partial charge >= 0.3 is 5.97 Å². The van der Waals surface area contributed by atoms with Gasteiger partial charge in [0, 0.05) is 10.4 Å². The van der Waals surface area contributed by atoms with E-state index in [0.29, 0.717) is 5.82 Å². The number of nitrogens with one attached hydrogen (secondary N) is 1. The molecule has 0 saturated heterocycles. The van der Waals surface area contributed by atoms with E-state index in [1.807, 2.05) is 13.0 Å². The quantitative estimate of drug-likeness (QED) is 0.649. The minimum Gasteiger partial charge on any atom is -0.480 e. The number of carbonyl (C=O) groups is 1. The van der Waals surface area contributed by atoms with E-state index in [2.05, 4.69) is 41.3 Å². The van der Waals surface area contributed by atoms with Crippen molar-refractivity contribution in [2.75, 3.05) is 11.9 Å². The summed E-state index contributed by atoms with van der Waals surface area (Å²) >= 11 is 1.54. The Morgan fingerprint density at radius 2 is 2.00 bits per heavy atom. The van der Waals surface area contributed by atoms with Gasteiger partial charge in [-0.2, -0.15) is 0 Å². The van der Waals surface area contributed by atoms with Crippen molar-refractivity contribution in [1.29, 1.82) is 0 Å². The molecule has 0 saturated carbocycles. The van der Waals surface area contributed by atoms with Crippen LogP contribution in [0.1, 0.15) is 16.0 Å². The van der Waals surface area contributed by atoms with Gasteiger partial charge in [0.1, 0.15) is 23.0 Å². The van der Waals surface area contributed by atoms with E-state index in [-0.39, 0.29) is 0 Å². The van der Waals surface area contributed by atoms with Crippen LogP contribution in [-0.4, -0.2) is 38.8 Å². The first-order chi connectivity index (χ1) is 11.9. The van der Waals surface area contributed by atoms with Crippen molar-refractivity contribution in [3.63, 3.8) is 0 Å². The summed E-state index contributed by atoms with van der Waals surface area (Å²) in [5.74, 6) is -0.710. The maximum Gasteiger partial charge on any atom is 0.328 e. The van der Waals surface area contributed by atoms with E-state index in [0.717, 1.165) is 26.2 Å². The average Bonchev–Trinajstić information content (AvgIpc) is 2.91. The summed E-state index contributed by atoms with van der Waals surface area (Å²) in [5.41, 5.74) is 4.43. The molecule has 0 amide bonds. The molecule has 0 aliphatic rings. The first-order valence-corrected chi connectivity index (χ1v) is 8.66. The largest absolute Gasteiger partial charge is 0.480 e. The smallest absolute Gasteiger partial charge is 0.328 e. The Morgan fingerprint density at radius 3 is 2.64 bits per heavy atom. The van der Waals surface area contributed by atoms with Crippen LogP contribution >= 0.6 is 11.3 Å². The van der Waals surface area contributed by atoms with E-state index >= 15 is 0 Å². The number of aliphatic carboxylic acids is 1. The lowest BCUT2D eigenvalue weighted by molar-refractivity contribution is -0.138. The average molecular weight is 357 g/mol. The summed E-state index contributed by atoms with van der Waals surface area (Å²) in [6, 6.07) is 5.11. The number of rotatable bonds is 5. The third kappa shape index (κ3) is 3.20. The molecule has 6 nitrogen and oxygen atoms in total. The van der Waals surface area contributed by atoms with Crippen molar-refractivity contribution in [3.05, 3.63) is 40.5 Å². The van der Waals surface area contributed by atoms with E-state index in [4.69, 9.17) is 0 Å². The highest BCUT2D eigenvalue weighted by atomic mass is 32.1. The van der Waals surface area contributed by atoms with Gasteiger partial charge in [0.05, 0.1) is 12.0 Å². The highest BCUT2D eigenvalue weighted by Crippen LogP contribution is 2.40. The SMILES string of the molecule is Cc1ccc(-c2c(C)sc3ncnc(NC(CO)C(=O)O)c23)cc1C. The lowest BCUT2D eigenvalue weighted by Gasteiger charge is -2.14. The summed E-state index contributed by atoms with van der Waals surface area (Å²) < 4.78 is 0. The minimum absolute atomic E-state index is 0.420. The number of fused-ring (bicyclic) bond motifs is 1. The number of aliphatic hydroxyl groups is 1. The standard InChI is InChI=1S/C18H19N3O3S/c1-9-4-5-12(6-10(9)2)14-11(3)25-17-15(14)16(19-8-20-17)21-13(7-22)18(23)24/h4-6,8,13,22H,7H2,1-3H3,(H,23,24)(H,19,20,21). The number of hydrogen-bond donors (Lipinski definition) is 3. The van der Waals surface area contributed by atoms with Crippen LogP contribution in [0.4, 0.5) is 5.82 Å². The fourth-order valence-electron chi connectivity index (χ4n) is 2.75. The fourth-order valence-corrected chi connectivity index (χ4v) is 3.76. The highest BCUT2D eigenvalue weighted by Gasteiger charge is 2.21. The predicted octanol–water partition coefficient (Wildman–Crippen LogP) is 3.14. The number of aliphatic hydroxyl groups excluding tert-OH is 1. The topological polar surface area (TPSA) is 95.3 Å². The lowest BCUT2D eigenvalue weighted by Crippen LogP contribution is -2.33. The molecule has 1 aromatic carbocycles. The Balaban J connectivity index is 2.20. The van der Waals surface area contributed by atoms with Gasteiger partial charge in [-0.25, -0.2) is 14.8 Å². The van der Waals surface area contributed by atoms with E-state index in [1.165, 1.54) is 28.8 Å². The monoisotopic (exact) mass is 357 g/mol. The molecule has 7 heteroatoms. The van der Waals surface area contributed by atoms with Crippen LogP contribution in [0.15, 0.2) is 24.5 Å². The van der Waals surface area contributed by atoms with Crippen molar-refractivity contribution in [1.82, 2.24) is 9.97 Å². The van der Waals surface area contributed by atoms with Crippen molar-refractivity contribution in [2.24, 2.45) is 0 Å². The third-order valence-electron chi connectivity index (χ3n) is 4.25. The van der Waals surface area contributed by atoms with Gasteiger partial charge in [-0.15, -0.1) is 11.3 Å². The van der Waals surface area contributed by atoms with Crippen LogP contribution in [0, 0.1) is 20.8 Å². The number of hydrogen-bond acceptors (Lipinski definition) is 6. The van der Waals surface area contributed by atoms with Crippen molar-refractivity contribution >= 4 is 33.3 Å². The van der Waals surface area contributed by atoms with Gasteiger partial charge < -0.3 is 15.5 Å². The van der Waals surface area contributed by atoms with Crippen LogP contribution in [0.5, 0.6) is 0 Å². The van der Waals surface area contributed by atoms with E-state index in [9.17, 15) is 15.0 Å². The highest BCUT2D eigenvalue weighted by molar-refractivity contribution is 7.19. The zero-order valence-electron chi connectivity index (χ0n) is 14.2. The number of carboxylic acids is 1. The summed E-state index contributed by atoms with van der Waals surface area (Å²) in [7, 11) is 0. The first kappa shape index (κ1) is 17.3. The second-order valence-electron chi connectivity index (χ2n) is 5.95. The van der Waals surface area contributed by atoms with Gasteiger partial charge in [0.25, 0.3) is 0 Å². The zero-order chi connectivity index (χ0) is 18.1. The molecule has 0 fully saturated rings. The van der Waals surface area contributed by atoms with E-state index < -0.39 is 18.6 Å². The fraction of sp³-hybridized carbons (Fsp3) is 0.278. The summed E-state index contributed by atoms with van der Waals surface area (Å²) in [4.78, 5) is 21.7. The molecule has 0 bridgehead atoms. The Hall–Kier alpha value is -2.51. The van der Waals surface area contributed by atoms with Gasteiger partial charge in [-0.1, -0.05) is 18.2 Å². The van der Waals surface area contributed by atoms with Gasteiger partial charge in [0.15, 0.2) is 0 Å². The van der Waals surface area contributed by atoms with Crippen LogP contribution in [0.2, 0.25) is 0 Å². The molecule has 1 unspecified atom stereocenters. The Morgan fingerprint density at radius 1 is 1.24 bits per heavy atom. The molecular weight excluding hydrogens is 338 g/mol. The van der Waals surface area contributed by atoms with Crippen LogP contribution < -0.4 is 5.32 Å². The number of anilines is 1. The van der Waals surface area contributed by atoms with Gasteiger partial charge in [0.2, 0.25) is 0 Å². The molecule has 25 heavy (non-hydrogen) atoms. The van der Waals surface area contributed by atoms with Crippen LogP contribution in [0.25, 0.3) is 21.3 Å². The Labute approximate surface area is 149 Å². The molecule has 1 atom stereocenters. The molecule has 2 heterocycles. The van der Waals surface area contributed by atoms with Crippen molar-refractivity contribution < 1.29 is 15.0 Å². The number of benzene rings is 1. The van der Waals surface area contributed by atoms with Crippen LogP contribution in [0.3, 0.4) is 0 Å². The molecule has 3 N–H and O–H groups in total. The number of nitrogens with zero attached hydrogens (tertiary/aromatic N) is 2. The van der Waals surface area contributed by atoms with Crippen molar-refractivity contribution in [2.45, 2.75) is 26.8 Å². The third-order valence-corrected chi connectivity index (χ3v) is 5.26. The molecule has 0 aliphatic heterocycles. The molecule has 3 rings (SSSR count). The number of aromatic nitrogens is 2. The molecule has 0 spiro atoms. The summed E-state index contributed by atoms with van der Waals surface area (Å²) in [6.45, 7) is 5.61. The molecule has 2 aromatic heterocycles. The Kier molecular flexibility index (Phi) is 4.69. The molecule has 0 aliphatic carbocycles. The maximum atomic E-state index is 11.2. The second-order valence-corrected chi connectivity index (χ2v) is 7.16. The molecule has 3 aromatic rings. The summed E-state index contributed by atoms with van der Waals surface area (Å²) in [6.07, 6.45) is 1.40. The normalized spacial score (nSPS) is 12.3. The zero-order valence-corrected chi connectivity index (χ0v) is 15.0. The first-order valence-electron chi connectivity index (χ1n) is 7.84. The molecule has 130 valence electrons. The van der Waals surface area contributed by atoms with Crippen molar-refractivity contribution in [3.8, 4) is 11.1 Å².